The van der Waals surface area contributed by atoms with Crippen molar-refractivity contribution in [1.29, 1.82) is 0 Å². The van der Waals surface area contributed by atoms with Crippen LogP contribution in [0.5, 0.6) is 0 Å². The molecule has 0 unspecified atom stereocenters. The lowest BCUT2D eigenvalue weighted by Crippen LogP contribution is -1.92. The van der Waals surface area contributed by atoms with Gasteiger partial charge < -0.3 is 0 Å². The van der Waals surface area contributed by atoms with Crippen LogP contribution in [-0.2, 0) is 12.8 Å². The highest BCUT2D eigenvalue weighted by molar-refractivity contribution is 5.49. The SMILES string of the molecule is CCCc1ccc(C#Cc2cc(F)c(C#Cc3ccc(CC)cc3)cc2F)cc1. The third-order valence-electron chi connectivity index (χ3n) is 4.59. The Balaban J connectivity index is 1.80. The molecule has 0 aliphatic rings. The van der Waals surface area contributed by atoms with Crippen molar-refractivity contribution in [2.24, 2.45) is 0 Å². The van der Waals surface area contributed by atoms with E-state index in [-0.39, 0.29) is 11.1 Å². The molecule has 0 saturated heterocycles. The Hall–Kier alpha value is -3.36. The number of halogens is 2. The van der Waals surface area contributed by atoms with E-state index in [1.165, 1.54) is 11.1 Å². The molecule has 0 N–H and O–H groups in total. The summed E-state index contributed by atoms with van der Waals surface area (Å²) in [4.78, 5) is 0. The minimum Gasteiger partial charge on any atom is -0.206 e. The summed E-state index contributed by atoms with van der Waals surface area (Å²) in [5.41, 5.74) is 4.02. The van der Waals surface area contributed by atoms with Gasteiger partial charge in [-0.3, -0.25) is 0 Å². The maximum absolute atomic E-state index is 14.4. The van der Waals surface area contributed by atoms with Gasteiger partial charge in [-0.05, 0) is 60.4 Å². The van der Waals surface area contributed by atoms with Gasteiger partial charge in [-0.25, -0.2) is 8.78 Å². The van der Waals surface area contributed by atoms with Crippen molar-refractivity contribution < 1.29 is 8.78 Å². The lowest BCUT2D eigenvalue weighted by molar-refractivity contribution is 0.594. The van der Waals surface area contributed by atoms with Crippen LogP contribution in [0.4, 0.5) is 8.78 Å². The number of benzene rings is 3. The van der Waals surface area contributed by atoms with Crippen molar-refractivity contribution in [2.45, 2.75) is 33.1 Å². The molecule has 144 valence electrons. The van der Waals surface area contributed by atoms with E-state index in [0.29, 0.717) is 0 Å². The zero-order chi connectivity index (χ0) is 20.6. The molecule has 0 nitrogen and oxygen atoms in total. The molecule has 3 aromatic carbocycles. The third-order valence-corrected chi connectivity index (χ3v) is 4.59. The Morgan fingerprint density at radius 2 is 1.07 bits per heavy atom. The maximum Gasteiger partial charge on any atom is 0.140 e. The molecule has 0 aliphatic heterocycles. The minimum absolute atomic E-state index is 0.0246. The summed E-state index contributed by atoms with van der Waals surface area (Å²) >= 11 is 0. The van der Waals surface area contributed by atoms with E-state index in [4.69, 9.17) is 0 Å². The molecule has 2 heteroatoms. The van der Waals surface area contributed by atoms with Gasteiger partial charge in [-0.15, -0.1) is 0 Å². The first-order valence-corrected chi connectivity index (χ1v) is 9.80. The Labute approximate surface area is 171 Å². The second-order valence-corrected chi connectivity index (χ2v) is 6.81. The predicted octanol–water partition coefficient (Wildman–Crippen LogP) is 6.28. The van der Waals surface area contributed by atoms with Crippen LogP contribution in [0, 0.1) is 35.3 Å². The van der Waals surface area contributed by atoms with Crippen molar-refractivity contribution >= 4 is 0 Å². The maximum atomic E-state index is 14.4. The summed E-state index contributed by atoms with van der Waals surface area (Å²) in [6, 6.07) is 17.8. The lowest BCUT2D eigenvalue weighted by atomic mass is 10.1. The van der Waals surface area contributed by atoms with Crippen LogP contribution in [0.15, 0.2) is 60.7 Å². The minimum atomic E-state index is -0.577. The molecule has 0 fully saturated rings. The Morgan fingerprint density at radius 1 is 0.621 bits per heavy atom. The van der Waals surface area contributed by atoms with Crippen LogP contribution < -0.4 is 0 Å². The van der Waals surface area contributed by atoms with Gasteiger partial charge in [0, 0.05) is 11.1 Å². The molecule has 29 heavy (non-hydrogen) atoms. The third kappa shape index (κ3) is 5.56. The highest BCUT2D eigenvalue weighted by Gasteiger charge is 2.07. The zero-order valence-electron chi connectivity index (χ0n) is 16.7. The van der Waals surface area contributed by atoms with Crippen LogP contribution >= 0.6 is 0 Å². The van der Waals surface area contributed by atoms with E-state index in [0.717, 1.165) is 42.5 Å². The van der Waals surface area contributed by atoms with E-state index in [1.807, 2.05) is 48.5 Å². The van der Waals surface area contributed by atoms with Crippen molar-refractivity contribution in [3.63, 3.8) is 0 Å². The molecule has 3 rings (SSSR count). The van der Waals surface area contributed by atoms with Crippen LogP contribution in [0.2, 0.25) is 0 Å². The number of hydrogen-bond donors (Lipinski definition) is 0. The van der Waals surface area contributed by atoms with E-state index in [9.17, 15) is 8.78 Å². The van der Waals surface area contributed by atoms with Gasteiger partial charge in [0.15, 0.2) is 0 Å². The quantitative estimate of drug-likeness (QED) is 0.466. The van der Waals surface area contributed by atoms with Crippen molar-refractivity contribution in [3.8, 4) is 23.7 Å². The average molecular weight is 384 g/mol. The molecule has 0 spiro atoms. The topological polar surface area (TPSA) is 0 Å². The molecule has 3 aromatic rings. The first-order valence-electron chi connectivity index (χ1n) is 9.80. The number of aryl methyl sites for hydroxylation is 2. The average Bonchev–Trinajstić information content (AvgIpc) is 2.74. The first-order chi connectivity index (χ1) is 14.1. The van der Waals surface area contributed by atoms with Gasteiger partial charge >= 0.3 is 0 Å². The van der Waals surface area contributed by atoms with E-state index < -0.39 is 11.6 Å². The molecule has 0 heterocycles. The van der Waals surface area contributed by atoms with Crippen molar-refractivity contribution in [3.05, 3.63) is 106 Å². The Kier molecular flexibility index (Phi) is 6.83. The summed E-state index contributed by atoms with van der Waals surface area (Å²) in [7, 11) is 0. The Bertz CT molecular complexity index is 1100. The predicted molar refractivity (Wildman–Crippen MR) is 115 cm³/mol. The fourth-order valence-corrected chi connectivity index (χ4v) is 2.88. The van der Waals surface area contributed by atoms with Gasteiger partial charge in [-0.2, -0.15) is 0 Å². The van der Waals surface area contributed by atoms with Crippen molar-refractivity contribution in [1.82, 2.24) is 0 Å². The monoisotopic (exact) mass is 384 g/mol. The van der Waals surface area contributed by atoms with Crippen LogP contribution in [0.1, 0.15) is 53.6 Å². The Morgan fingerprint density at radius 3 is 1.48 bits per heavy atom. The summed E-state index contributed by atoms with van der Waals surface area (Å²) in [5, 5.41) is 0. The van der Waals surface area contributed by atoms with Crippen LogP contribution in [0.3, 0.4) is 0 Å². The molecular weight excluding hydrogens is 362 g/mol. The smallest absolute Gasteiger partial charge is 0.140 e. The zero-order valence-corrected chi connectivity index (χ0v) is 16.7. The highest BCUT2D eigenvalue weighted by atomic mass is 19.1. The summed E-state index contributed by atoms with van der Waals surface area (Å²) in [6.07, 6.45) is 3.03. The molecule has 0 bridgehead atoms. The van der Waals surface area contributed by atoms with E-state index >= 15 is 0 Å². The largest absolute Gasteiger partial charge is 0.206 e. The standard InChI is InChI=1S/C27H22F2/c1-3-5-21-10-12-23(13-11-21)15-17-25-19-26(28)24(18-27(25)29)16-14-22-8-6-20(4-2)7-9-22/h6-13,18-19H,3-5H2,1-2H3. The number of rotatable bonds is 3. The summed E-state index contributed by atoms with van der Waals surface area (Å²) < 4.78 is 28.8. The first kappa shape index (κ1) is 20.4. The van der Waals surface area contributed by atoms with Crippen LogP contribution in [-0.4, -0.2) is 0 Å². The van der Waals surface area contributed by atoms with Crippen LogP contribution in [0.25, 0.3) is 0 Å². The van der Waals surface area contributed by atoms with Gasteiger partial charge in [0.25, 0.3) is 0 Å². The lowest BCUT2D eigenvalue weighted by Gasteiger charge is -2.00. The summed E-state index contributed by atoms with van der Waals surface area (Å²) in [6.45, 7) is 4.20. The molecule has 0 amide bonds. The van der Waals surface area contributed by atoms with Gasteiger partial charge in [-0.1, -0.05) is 68.2 Å². The molecule has 0 radical (unpaired) electrons. The summed E-state index contributed by atoms with van der Waals surface area (Å²) in [5.74, 6) is 10.1. The molecule has 0 saturated carbocycles. The number of hydrogen-bond acceptors (Lipinski definition) is 0. The van der Waals surface area contributed by atoms with E-state index in [1.54, 1.807) is 0 Å². The molecule has 0 aromatic heterocycles. The van der Waals surface area contributed by atoms with Gasteiger partial charge in [0.2, 0.25) is 0 Å². The second kappa shape index (κ2) is 9.72. The highest BCUT2D eigenvalue weighted by Crippen LogP contribution is 2.14. The molecular formula is C27H22F2. The van der Waals surface area contributed by atoms with E-state index in [2.05, 4.69) is 37.5 Å². The van der Waals surface area contributed by atoms with Crippen molar-refractivity contribution in [2.75, 3.05) is 0 Å². The normalized spacial score (nSPS) is 9.93. The molecule has 0 aliphatic carbocycles. The molecule has 0 atom stereocenters. The van der Waals surface area contributed by atoms with Gasteiger partial charge in [0.1, 0.15) is 11.6 Å². The fraction of sp³-hybridized carbons (Fsp3) is 0.185. The second-order valence-electron chi connectivity index (χ2n) is 6.81. The fourth-order valence-electron chi connectivity index (χ4n) is 2.88. The van der Waals surface area contributed by atoms with Gasteiger partial charge in [0.05, 0.1) is 11.1 Å².